The van der Waals surface area contributed by atoms with Gasteiger partial charge in [-0.25, -0.2) is 15.4 Å². The van der Waals surface area contributed by atoms with Gasteiger partial charge in [0, 0.05) is 24.3 Å². The highest BCUT2D eigenvalue weighted by Gasteiger charge is 2.20. The maximum Gasteiger partial charge on any atom is 0.421 e. The van der Waals surface area contributed by atoms with E-state index in [-0.39, 0.29) is 31.0 Å². The fraction of sp³-hybridized carbons (Fsp3) is 0.636. The van der Waals surface area contributed by atoms with Crippen LogP contribution in [0.25, 0.3) is 0 Å². The summed E-state index contributed by atoms with van der Waals surface area (Å²) in [5.74, 6) is 3.65. The van der Waals surface area contributed by atoms with Crippen molar-refractivity contribution in [2.45, 2.75) is 25.8 Å². The number of hydrazine groups is 1. The van der Waals surface area contributed by atoms with Crippen molar-refractivity contribution < 1.29 is 29.0 Å². The van der Waals surface area contributed by atoms with E-state index in [2.05, 4.69) is 10.1 Å². The summed E-state index contributed by atoms with van der Waals surface area (Å²) in [5.41, 5.74) is 1.80. The van der Waals surface area contributed by atoms with Gasteiger partial charge in [-0.05, 0) is 6.92 Å². The van der Waals surface area contributed by atoms with Crippen LogP contribution < -0.4 is 16.6 Å². The van der Waals surface area contributed by atoms with Gasteiger partial charge in [-0.2, -0.15) is 0 Å². The predicted molar refractivity (Wildman–Crippen MR) is 83.1 cm³/mol. The van der Waals surface area contributed by atoms with Crippen molar-refractivity contribution in [3.8, 4) is 0 Å². The number of ketones is 1. The topological polar surface area (TPSA) is 148 Å². The third-order valence-corrected chi connectivity index (χ3v) is 4.55. The summed E-state index contributed by atoms with van der Waals surface area (Å²) in [6.45, 7) is 1.49. The van der Waals surface area contributed by atoms with Gasteiger partial charge in [-0.1, -0.05) is 21.6 Å². The van der Waals surface area contributed by atoms with E-state index in [1.807, 2.05) is 0 Å². The maximum absolute atomic E-state index is 11.5. The van der Waals surface area contributed by atoms with Crippen molar-refractivity contribution >= 4 is 45.3 Å². The first-order valence-corrected chi connectivity index (χ1v) is 8.75. The first kappa shape index (κ1) is 20.5. The van der Waals surface area contributed by atoms with Crippen molar-refractivity contribution in [2.75, 3.05) is 18.1 Å². The molecule has 2 amide bonds. The van der Waals surface area contributed by atoms with Crippen molar-refractivity contribution in [2.24, 2.45) is 5.84 Å². The number of carboxylic acid groups (broad SMARTS) is 1. The molecule has 0 bridgehead atoms. The Kier molecular flexibility index (Phi) is 11.3. The third kappa shape index (κ3) is 11.2. The number of hydrogen-bond donors (Lipinski definition) is 4. The normalized spacial score (nSPS) is 11.4. The minimum atomic E-state index is -1.15. The molecule has 0 saturated carbocycles. The van der Waals surface area contributed by atoms with Crippen LogP contribution in [0.1, 0.15) is 19.8 Å². The Hall–Kier alpha value is -1.46. The van der Waals surface area contributed by atoms with Crippen molar-refractivity contribution in [1.29, 1.82) is 0 Å². The van der Waals surface area contributed by atoms with Crippen molar-refractivity contribution in [1.82, 2.24) is 10.7 Å². The van der Waals surface area contributed by atoms with E-state index in [1.165, 1.54) is 28.5 Å². The standard InChI is InChI=1S/C11H19N3O6S2/c1-7(15)2-3-9(16)13-8(10(17)18)6-22-21-5-4-20-11(19)14-12/h8H,2-6,12H2,1H3,(H,13,16)(H,14,19)(H,17,18). The smallest absolute Gasteiger partial charge is 0.421 e. The lowest BCUT2D eigenvalue weighted by atomic mass is 10.2. The molecule has 0 fully saturated rings. The second kappa shape index (κ2) is 12.1. The summed E-state index contributed by atoms with van der Waals surface area (Å²) in [6.07, 6.45) is -0.689. The Balaban J connectivity index is 3.90. The summed E-state index contributed by atoms with van der Waals surface area (Å²) in [6, 6.07) is -1.04. The Labute approximate surface area is 135 Å². The van der Waals surface area contributed by atoms with E-state index >= 15 is 0 Å². The Morgan fingerprint density at radius 1 is 1.23 bits per heavy atom. The number of aliphatic carboxylic acids is 1. The van der Waals surface area contributed by atoms with Gasteiger partial charge < -0.3 is 20.0 Å². The number of nitrogens with one attached hydrogen (secondary N) is 2. The largest absolute Gasteiger partial charge is 0.480 e. The molecule has 0 rings (SSSR count). The van der Waals surface area contributed by atoms with Crippen molar-refractivity contribution in [3.05, 3.63) is 0 Å². The highest BCUT2D eigenvalue weighted by molar-refractivity contribution is 8.76. The van der Waals surface area contributed by atoms with E-state index < -0.39 is 24.0 Å². The zero-order chi connectivity index (χ0) is 17.0. The van der Waals surface area contributed by atoms with Gasteiger partial charge in [0.05, 0.1) is 0 Å². The van der Waals surface area contributed by atoms with E-state index in [9.17, 15) is 19.2 Å². The zero-order valence-electron chi connectivity index (χ0n) is 12.0. The fourth-order valence-electron chi connectivity index (χ4n) is 1.12. The third-order valence-electron chi connectivity index (χ3n) is 2.17. The van der Waals surface area contributed by atoms with E-state index in [1.54, 1.807) is 5.43 Å². The van der Waals surface area contributed by atoms with E-state index in [0.717, 1.165) is 0 Å². The van der Waals surface area contributed by atoms with Gasteiger partial charge in [-0.3, -0.25) is 10.2 Å². The SMILES string of the molecule is CC(=O)CCC(=O)NC(CSSCCOC(=O)NN)C(=O)O. The number of ether oxygens (including phenoxy) is 1. The van der Waals surface area contributed by atoms with Crippen LogP contribution in [0.2, 0.25) is 0 Å². The molecule has 0 radical (unpaired) electrons. The number of carbonyl (C=O) groups excluding carboxylic acids is 3. The molecule has 0 aliphatic carbocycles. The summed E-state index contributed by atoms with van der Waals surface area (Å²) in [7, 11) is 2.53. The van der Waals surface area contributed by atoms with E-state index in [0.29, 0.717) is 5.75 Å². The molecule has 0 aliphatic heterocycles. The average Bonchev–Trinajstić information content (AvgIpc) is 2.46. The van der Waals surface area contributed by atoms with Crippen LogP contribution in [0.3, 0.4) is 0 Å². The number of rotatable bonds is 11. The molecular formula is C11H19N3O6S2. The maximum atomic E-state index is 11.5. The lowest BCUT2D eigenvalue weighted by Crippen LogP contribution is -2.42. The number of amides is 2. The number of hydrogen-bond acceptors (Lipinski definition) is 8. The van der Waals surface area contributed by atoms with E-state index in [4.69, 9.17) is 10.9 Å². The minimum absolute atomic E-state index is 0.0288. The van der Waals surface area contributed by atoms with Crippen LogP contribution in [-0.4, -0.2) is 53.0 Å². The first-order valence-electron chi connectivity index (χ1n) is 6.26. The molecule has 5 N–H and O–H groups in total. The second-order valence-electron chi connectivity index (χ2n) is 4.05. The molecule has 22 heavy (non-hydrogen) atoms. The Bertz CT molecular complexity index is 407. The van der Waals surface area contributed by atoms with Crippen molar-refractivity contribution in [3.63, 3.8) is 0 Å². The van der Waals surface area contributed by atoms with Crippen LogP contribution in [0, 0.1) is 0 Å². The number of carboxylic acids is 1. The molecule has 0 aromatic rings. The Morgan fingerprint density at radius 3 is 2.45 bits per heavy atom. The molecular weight excluding hydrogens is 334 g/mol. The number of carbonyl (C=O) groups is 4. The minimum Gasteiger partial charge on any atom is -0.480 e. The van der Waals surface area contributed by atoms with Gasteiger partial charge in [-0.15, -0.1) is 0 Å². The first-order chi connectivity index (χ1) is 10.4. The summed E-state index contributed by atoms with van der Waals surface area (Å²) in [4.78, 5) is 43.9. The molecule has 11 heteroatoms. The molecule has 1 atom stereocenters. The molecule has 0 aromatic carbocycles. The van der Waals surface area contributed by atoms with Crippen LogP contribution in [0.15, 0.2) is 0 Å². The van der Waals surface area contributed by atoms with Crippen LogP contribution in [0.5, 0.6) is 0 Å². The van der Waals surface area contributed by atoms with Gasteiger partial charge >= 0.3 is 12.1 Å². The van der Waals surface area contributed by atoms with Crippen LogP contribution in [0.4, 0.5) is 4.79 Å². The lowest BCUT2D eigenvalue weighted by Gasteiger charge is -2.13. The molecule has 0 saturated heterocycles. The number of nitrogens with two attached hydrogens (primary N) is 1. The monoisotopic (exact) mass is 353 g/mol. The Morgan fingerprint density at radius 2 is 1.91 bits per heavy atom. The highest BCUT2D eigenvalue weighted by Crippen LogP contribution is 2.21. The molecule has 0 spiro atoms. The molecule has 126 valence electrons. The number of Topliss-reactive ketones (excluding diaryl/α,β-unsaturated/α-hetero) is 1. The molecule has 9 nitrogen and oxygen atoms in total. The highest BCUT2D eigenvalue weighted by atomic mass is 33.1. The molecule has 0 heterocycles. The van der Waals surface area contributed by atoms with Gasteiger partial charge in [0.25, 0.3) is 0 Å². The van der Waals surface area contributed by atoms with Gasteiger partial charge in [0.2, 0.25) is 5.91 Å². The summed E-state index contributed by atoms with van der Waals surface area (Å²) in [5, 5.41) is 11.4. The summed E-state index contributed by atoms with van der Waals surface area (Å²) < 4.78 is 4.64. The van der Waals surface area contributed by atoms with Gasteiger partial charge in [0.15, 0.2) is 0 Å². The molecule has 0 aliphatic rings. The van der Waals surface area contributed by atoms with Crippen LogP contribution >= 0.6 is 21.6 Å². The summed E-state index contributed by atoms with van der Waals surface area (Å²) >= 11 is 0. The van der Waals surface area contributed by atoms with Gasteiger partial charge in [0.1, 0.15) is 18.4 Å². The average molecular weight is 353 g/mol. The predicted octanol–water partition coefficient (Wildman–Crippen LogP) is -0.0937. The second-order valence-corrected chi connectivity index (χ2v) is 6.67. The molecule has 1 unspecified atom stereocenters. The van der Waals surface area contributed by atoms with Crippen LogP contribution in [-0.2, 0) is 19.1 Å². The quantitative estimate of drug-likeness (QED) is 0.131. The molecule has 0 aromatic heterocycles. The lowest BCUT2D eigenvalue weighted by molar-refractivity contribution is -0.141. The fourth-order valence-corrected chi connectivity index (χ4v) is 3.10. The zero-order valence-corrected chi connectivity index (χ0v) is 13.6.